The van der Waals surface area contributed by atoms with Gasteiger partial charge in [0.15, 0.2) is 0 Å². The molecule has 0 amide bonds. The Labute approximate surface area is 222 Å². The summed E-state index contributed by atoms with van der Waals surface area (Å²) in [6.07, 6.45) is 0. The minimum absolute atomic E-state index is 0. The number of rotatable bonds is 3. The van der Waals surface area contributed by atoms with Gasteiger partial charge < -0.3 is 21.5 Å². The standard InChI is InChI=1S/CN.CHO3.Fe.3K.N5/c1-2;2-1-4-3;;;;;1-3-5-4-2/h;3H;;;;;/q2*-1;;;;+1;-1/b;;;;;;5-3+. The fourth-order valence-electron chi connectivity index (χ4n) is 0.0320. The van der Waals surface area contributed by atoms with Gasteiger partial charge in [0.05, 0.1) is 0 Å². The first-order chi connectivity index (χ1) is 5.83. The van der Waals surface area contributed by atoms with Gasteiger partial charge in [-0.25, -0.2) is 5.26 Å². The van der Waals surface area contributed by atoms with Crippen LogP contribution in [0.1, 0.15) is 0 Å². The van der Waals surface area contributed by atoms with E-state index in [1.165, 1.54) is 0 Å². The Morgan fingerprint density at radius 1 is 1.40 bits per heavy atom. The maximum atomic E-state index is 8.58. The zero-order valence-corrected chi connectivity index (χ0v) is 18.8. The normalized spacial score (nSPS) is 5.07. The first kappa shape index (κ1) is 36.2. The SMILES string of the molecule is O=[C-]OO.[C-]#N.[K+].[K].[K].[N-]=N/N=N/[N]=[Fe]. The van der Waals surface area contributed by atoms with Gasteiger partial charge in [-0.2, -0.15) is 0 Å². The summed E-state index contributed by atoms with van der Waals surface area (Å²) >= 11 is 2.92. The van der Waals surface area contributed by atoms with Crippen molar-refractivity contribution >= 4 is 109 Å². The molecule has 0 bridgehead atoms. The number of nitrogens with zero attached hydrogens (tertiary/aromatic N) is 6. The second kappa shape index (κ2) is 53.1. The Kier molecular flexibility index (Phi) is 128. The molecule has 0 aromatic rings. The minimum atomic E-state index is 0. The van der Waals surface area contributed by atoms with Crippen molar-refractivity contribution in [1.29, 1.82) is 5.26 Å². The molecule has 0 aliphatic carbocycles. The van der Waals surface area contributed by atoms with Crippen molar-refractivity contribution in [2.24, 2.45) is 19.7 Å². The van der Waals surface area contributed by atoms with Crippen LogP contribution in [0, 0.1) is 11.8 Å². The summed E-state index contributed by atoms with van der Waals surface area (Å²) in [6.45, 7) is 5.49. The topological polar surface area (TPSA) is 142 Å². The van der Waals surface area contributed by atoms with E-state index in [0.29, 0.717) is 0 Å². The van der Waals surface area contributed by atoms with E-state index in [1.807, 2.05) is 0 Å². The van der Waals surface area contributed by atoms with Crippen LogP contribution in [0.25, 0.3) is 5.53 Å². The fraction of sp³-hybridized carbons (Fsp3) is 0. The van der Waals surface area contributed by atoms with Crippen molar-refractivity contribution in [3.05, 3.63) is 12.1 Å². The van der Waals surface area contributed by atoms with Crippen molar-refractivity contribution < 1.29 is 82.1 Å². The summed E-state index contributed by atoms with van der Waals surface area (Å²) in [4.78, 5) is 11.3. The summed E-state index contributed by atoms with van der Waals surface area (Å²) < 4.78 is 2.88. The molecule has 0 saturated heterocycles. The zero-order valence-electron chi connectivity index (χ0n) is 8.30. The molecule has 0 aliphatic heterocycles. The molecule has 15 heavy (non-hydrogen) atoms. The van der Waals surface area contributed by atoms with Crippen LogP contribution in [0.2, 0.25) is 0 Å². The molecule has 0 atom stereocenters. The van der Waals surface area contributed by atoms with Crippen molar-refractivity contribution in [3.63, 3.8) is 0 Å². The van der Waals surface area contributed by atoms with Gasteiger partial charge in [0.1, 0.15) is 0 Å². The Bertz CT molecular complexity index is 157. The van der Waals surface area contributed by atoms with Crippen LogP contribution in [0.4, 0.5) is 0 Å². The van der Waals surface area contributed by atoms with Crippen molar-refractivity contribution in [2.45, 2.75) is 0 Å². The third kappa shape index (κ3) is 75.7. The summed E-state index contributed by atoms with van der Waals surface area (Å²) in [5, 5.41) is 20.9. The monoisotopic (exact) mass is 330 g/mol. The molecule has 0 aromatic carbocycles. The van der Waals surface area contributed by atoms with E-state index >= 15 is 0 Å². The van der Waals surface area contributed by atoms with Gasteiger partial charge in [-0.05, 0) is 6.47 Å². The summed E-state index contributed by atoms with van der Waals surface area (Å²) in [5.41, 5.74) is 7.47. The molecule has 0 saturated carbocycles. The van der Waals surface area contributed by atoms with Crippen LogP contribution < -0.4 is 51.4 Å². The number of hydrogen-bond acceptors (Lipinski definition) is 5. The van der Waals surface area contributed by atoms with Gasteiger partial charge in [-0.1, -0.05) is 0 Å². The first-order valence-electron chi connectivity index (χ1n) is 1.77. The van der Waals surface area contributed by atoms with Crippen LogP contribution in [0.3, 0.4) is 0 Å². The third-order valence-corrected chi connectivity index (χ3v) is 0.248. The van der Waals surface area contributed by atoms with Gasteiger partial charge in [0.2, 0.25) is 0 Å². The molecule has 0 aliphatic rings. The summed E-state index contributed by atoms with van der Waals surface area (Å²) in [5.74, 6) is 0. The van der Waals surface area contributed by atoms with Crippen LogP contribution >= 0.6 is 0 Å². The van der Waals surface area contributed by atoms with E-state index in [4.69, 9.17) is 27.4 Å². The fourth-order valence-corrected chi connectivity index (χ4v) is 0.0762. The molecule has 1 N–H and O–H groups in total. The zero-order chi connectivity index (χ0) is 10.2. The molecule has 0 rings (SSSR count). The molecule has 2 radical (unpaired) electrons. The van der Waals surface area contributed by atoms with E-state index in [9.17, 15) is 0 Å². The molecule has 0 fully saturated rings. The van der Waals surface area contributed by atoms with Crippen LogP contribution in [-0.2, 0) is 25.5 Å². The molecular formula is C2HFeK3N6O3-2. The van der Waals surface area contributed by atoms with Crippen molar-refractivity contribution in [3.8, 4) is 0 Å². The Hall–Kier alpha value is 3.35. The molecule has 0 unspecified atom stereocenters. The second-order valence-corrected chi connectivity index (χ2v) is 0.734. The second-order valence-electron chi connectivity index (χ2n) is 0.514. The molecule has 70 valence electrons. The summed E-state index contributed by atoms with van der Waals surface area (Å²) in [6, 6.07) is 0. The van der Waals surface area contributed by atoms with E-state index in [-0.39, 0.29) is 154 Å². The van der Waals surface area contributed by atoms with Gasteiger partial charge in [0.25, 0.3) is 0 Å². The van der Waals surface area contributed by atoms with Gasteiger partial charge in [-0.3, -0.25) is 0 Å². The van der Waals surface area contributed by atoms with E-state index in [2.05, 4.69) is 40.4 Å². The molecule has 0 spiro atoms. The number of hydrogen-bond donors (Lipinski definition) is 1. The predicted octanol–water partition coefficient (Wildman–Crippen LogP) is -3.10. The summed E-state index contributed by atoms with van der Waals surface area (Å²) in [7, 11) is 0. The third-order valence-electron chi connectivity index (χ3n) is 0.149. The molecule has 9 nitrogen and oxygen atoms in total. The Balaban J connectivity index is -0.0000000204. The Morgan fingerprint density at radius 3 is 1.80 bits per heavy atom. The quantitative estimate of drug-likeness (QED) is 0.192. The van der Waals surface area contributed by atoms with E-state index in [1.54, 1.807) is 0 Å². The molecule has 0 aromatic heterocycles. The van der Waals surface area contributed by atoms with Crippen LogP contribution in [0.5, 0.6) is 0 Å². The first-order valence-corrected chi connectivity index (χ1v) is 2.27. The van der Waals surface area contributed by atoms with Crippen LogP contribution in [-0.4, -0.2) is 114 Å². The van der Waals surface area contributed by atoms with E-state index in [0.717, 1.165) is 6.47 Å². The van der Waals surface area contributed by atoms with Crippen LogP contribution in [0.15, 0.2) is 19.7 Å². The average molecular weight is 330 g/mol. The van der Waals surface area contributed by atoms with Gasteiger partial charge >= 0.3 is 92.5 Å². The molecule has 13 heteroatoms. The average Bonchev–Trinajstić information content (AvgIpc) is 2.18. The van der Waals surface area contributed by atoms with E-state index < -0.39 is 0 Å². The maximum absolute atomic E-state index is 8.58. The molecule has 0 heterocycles. The molecular weight excluding hydrogens is 329 g/mol. The predicted molar refractivity (Wildman–Crippen MR) is 39.0 cm³/mol. The number of carbonyl (C=O) groups excluding carboxylic acids is 1. The van der Waals surface area contributed by atoms with Crippen molar-refractivity contribution in [2.75, 3.05) is 0 Å². The van der Waals surface area contributed by atoms with Gasteiger partial charge in [0, 0.05) is 103 Å². The van der Waals surface area contributed by atoms with Crippen molar-refractivity contribution in [1.82, 2.24) is 0 Å². The van der Waals surface area contributed by atoms with Gasteiger partial charge in [-0.15, -0.1) is 0 Å². The Morgan fingerprint density at radius 2 is 1.73 bits per heavy atom.